The van der Waals surface area contributed by atoms with Gasteiger partial charge in [0.05, 0.1) is 11.3 Å². The van der Waals surface area contributed by atoms with Gasteiger partial charge in [-0.05, 0) is 31.4 Å². The molecule has 7 heteroatoms. The summed E-state index contributed by atoms with van der Waals surface area (Å²) in [6.45, 7) is 2.30. The first-order chi connectivity index (χ1) is 16.1. The van der Waals surface area contributed by atoms with Crippen LogP contribution in [0.15, 0.2) is 70.1 Å². The molecule has 2 aromatic carbocycles. The van der Waals surface area contributed by atoms with Crippen LogP contribution < -0.4 is 0 Å². The molecule has 3 aromatic rings. The lowest BCUT2D eigenvalue weighted by Crippen LogP contribution is -2.30. The van der Waals surface area contributed by atoms with Crippen LogP contribution in [0.2, 0.25) is 0 Å². The predicted molar refractivity (Wildman–Crippen MR) is 130 cm³/mol. The lowest BCUT2D eigenvalue weighted by molar-refractivity contribution is -0.127. The average Bonchev–Trinajstić information content (AvgIpc) is 3.55. The van der Waals surface area contributed by atoms with E-state index >= 15 is 0 Å². The summed E-state index contributed by atoms with van der Waals surface area (Å²) >= 11 is 1.45. The highest BCUT2D eigenvalue weighted by atomic mass is 32.2. The van der Waals surface area contributed by atoms with Crippen LogP contribution in [0.5, 0.6) is 0 Å². The molecule has 0 unspecified atom stereocenters. The second-order valence-corrected chi connectivity index (χ2v) is 9.26. The summed E-state index contributed by atoms with van der Waals surface area (Å²) in [6.07, 6.45) is 3.64. The van der Waals surface area contributed by atoms with Crippen molar-refractivity contribution in [1.29, 1.82) is 0 Å². The van der Waals surface area contributed by atoms with Gasteiger partial charge in [0.15, 0.2) is 0 Å². The number of hydrogen-bond acceptors (Lipinski definition) is 5. The minimum absolute atomic E-state index is 0.0331. The van der Waals surface area contributed by atoms with Gasteiger partial charge in [0.25, 0.3) is 5.91 Å². The summed E-state index contributed by atoms with van der Waals surface area (Å²) < 4.78 is 5.47. The van der Waals surface area contributed by atoms with Crippen LogP contribution in [0.4, 0.5) is 0 Å². The maximum absolute atomic E-state index is 13.1. The molecular formula is C26H29N3O3S. The van der Waals surface area contributed by atoms with Crippen molar-refractivity contribution in [3.63, 3.8) is 0 Å². The molecule has 2 amide bonds. The topological polar surface area (TPSA) is 66.7 Å². The lowest BCUT2D eigenvalue weighted by atomic mass is 10.1. The molecule has 0 radical (unpaired) electrons. The molecular weight excluding hydrogens is 434 g/mol. The molecule has 172 valence electrons. The number of carbonyl (C=O) groups is 2. The Morgan fingerprint density at radius 1 is 1.06 bits per heavy atom. The van der Waals surface area contributed by atoms with E-state index in [2.05, 4.69) is 5.16 Å². The van der Waals surface area contributed by atoms with Crippen molar-refractivity contribution in [2.45, 2.75) is 30.6 Å². The smallest absolute Gasteiger partial charge is 0.254 e. The summed E-state index contributed by atoms with van der Waals surface area (Å²) in [6, 6.07) is 19.4. The van der Waals surface area contributed by atoms with E-state index < -0.39 is 0 Å². The zero-order chi connectivity index (χ0) is 23.0. The molecule has 0 bridgehead atoms. The first kappa shape index (κ1) is 23.1. The molecule has 0 saturated carbocycles. The van der Waals surface area contributed by atoms with Crippen molar-refractivity contribution < 1.29 is 14.1 Å². The van der Waals surface area contributed by atoms with Crippen LogP contribution in [0.25, 0.3) is 11.3 Å². The molecule has 6 nitrogen and oxygen atoms in total. The maximum atomic E-state index is 13.1. The highest BCUT2D eigenvalue weighted by molar-refractivity contribution is 8.00. The zero-order valence-electron chi connectivity index (χ0n) is 18.9. The normalized spacial score (nSPS) is 13.3. The third-order valence-electron chi connectivity index (χ3n) is 5.82. The summed E-state index contributed by atoms with van der Waals surface area (Å²) in [5.41, 5.74) is 2.49. The predicted octanol–water partition coefficient (Wildman–Crippen LogP) is 4.76. The molecule has 1 aliphatic rings. The van der Waals surface area contributed by atoms with Crippen molar-refractivity contribution >= 4 is 23.6 Å². The first-order valence-electron chi connectivity index (χ1n) is 11.4. The summed E-state index contributed by atoms with van der Waals surface area (Å²) in [4.78, 5) is 30.0. The van der Waals surface area contributed by atoms with Crippen molar-refractivity contribution in [1.82, 2.24) is 15.0 Å². The van der Waals surface area contributed by atoms with Gasteiger partial charge in [-0.3, -0.25) is 9.59 Å². The Balaban J connectivity index is 1.29. The number of rotatable bonds is 9. The van der Waals surface area contributed by atoms with E-state index in [1.165, 1.54) is 11.8 Å². The fourth-order valence-corrected chi connectivity index (χ4v) is 4.89. The summed E-state index contributed by atoms with van der Waals surface area (Å²) in [5.74, 6) is 1.29. The Labute approximate surface area is 198 Å². The van der Waals surface area contributed by atoms with E-state index in [9.17, 15) is 9.59 Å². The van der Waals surface area contributed by atoms with E-state index in [4.69, 9.17) is 4.52 Å². The molecule has 0 atom stereocenters. The minimum atomic E-state index is -0.0331. The Morgan fingerprint density at radius 3 is 2.58 bits per heavy atom. The second kappa shape index (κ2) is 11.2. The highest BCUT2D eigenvalue weighted by Gasteiger charge is 2.20. The number of likely N-dealkylation sites (tertiary alicyclic amines) is 1. The number of thioether (sulfide) groups is 1. The molecule has 0 aliphatic carbocycles. The Morgan fingerprint density at radius 2 is 1.79 bits per heavy atom. The number of carbonyl (C=O) groups excluding carboxylic acids is 2. The monoisotopic (exact) mass is 463 g/mol. The molecule has 1 fully saturated rings. The minimum Gasteiger partial charge on any atom is -0.361 e. The van der Waals surface area contributed by atoms with Crippen LogP contribution >= 0.6 is 11.8 Å². The largest absolute Gasteiger partial charge is 0.361 e. The Hall–Kier alpha value is -3.06. The van der Waals surface area contributed by atoms with Gasteiger partial charge in [-0.1, -0.05) is 47.6 Å². The fourth-order valence-electron chi connectivity index (χ4n) is 3.94. The number of benzene rings is 2. The third kappa shape index (κ3) is 6.05. The number of nitrogens with zero attached hydrogens (tertiary/aromatic N) is 3. The van der Waals surface area contributed by atoms with Gasteiger partial charge < -0.3 is 14.3 Å². The molecule has 0 spiro atoms. The van der Waals surface area contributed by atoms with E-state index in [1.807, 2.05) is 72.6 Å². The van der Waals surface area contributed by atoms with Gasteiger partial charge >= 0.3 is 0 Å². The van der Waals surface area contributed by atoms with Crippen LogP contribution in [-0.4, -0.2) is 59.2 Å². The average molecular weight is 464 g/mol. The molecule has 33 heavy (non-hydrogen) atoms. The van der Waals surface area contributed by atoms with Crippen molar-refractivity contribution in [2.24, 2.45) is 0 Å². The number of amides is 2. The van der Waals surface area contributed by atoms with Crippen LogP contribution in [0, 0.1) is 0 Å². The van der Waals surface area contributed by atoms with Gasteiger partial charge in [0, 0.05) is 49.6 Å². The van der Waals surface area contributed by atoms with Crippen molar-refractivity contribution in [2.75, 3.05) is 32.4 Å². The van der Waals surface area contributed by atoms with Crippen molar-refractivity contribution in [3.05, 3.63) is 72.0 Å². The van der Waals surface area contributed by atoms with Gasteiger partial charge in [-0.25, -0.2) is 0 Å². The SMILES string of the molecule is CN(CCCc1cc(-c2ccccc2)no1)C(=O)c1ccccc1SCC(=O)N1CCCC1. The molecule has 1 saturated heterocycles. The van der Waals surface area contributed by atoms with Gasteiger partial charge in [-0.15, -0.1) is 11.8 Å². The molecule has 4 rings (SSSR count). The van der Waals surface area contributed by atoms with Gasteiger partial charge in [-0.2, -0.15) is 0 Å². The van der Waals surface area contributed by atoms with Crippen molar-refractivity contribution in [3.8, 4) is 11.3 Å². The van der Waals surface area contributed by atoms with Gasteiger partial charge in [0.1, 0.15) is 11.5 Å². The lowest BCUT2D eigenvalue weighted by Gasteiger charge is -2.19. The molecule has 1 aromatic heterocycles. The highest BCUT2D eigenvalue weighted by Crippen LogP contribution is 2.25. The Bertz CT molecular complexity index is 1080. The molecule has 1 aliphatic heterocycles. The third-order valence-corrected chi connectivity index (χ3v) is 6.88. The van der Waals surface area contributed by atoms with Gasteiger partial charge in [0.2, 0.25) is 5.91 Å². The zero-order valence-corrected chi connectivity index (χ0v) is 19.7. The van der Waals surface area contributed by atoms with Crippen LogP contribution in [0.1, 0.15) is 35.4 Å². The van der Waals surface area contributed by atoms with E-state index in [0.29, 0.717) is 24.3 Å². The second-order valence-electron chi connectivity index (χ2n) is 8.25. The Kier molecular flexibility index (Phi) is 7.83. The number of aryl methyl sites for hydroxylation is 1. The van der Waals surface area contributed by atoms with E-state index in [-0.39, 0.29) is 11.8 Å². The van der Waals surface area contributed by atoms with Crippen LogP contribution in [0.3, 0.4) is 0 Å². The maximum Gasteiger partial charge on any atom is 0.254 e. The summed E-state index contributed by atoms with van der Waals surface area (Å²) in [5, 5.41) is 4.15. The van der Waals surface area contributed by atoms with E-state index in [0.717, 1.165) is 54.3 Å². The molecule has 2 heterocycles. The standard InChI is InChI=1S/C26H29N3O3S/c1-28(15-9-12-21-18-23(27-32-21)20-10-3-2-4-11-20)26(31)22-13-5-6-14-24(22)33-19-25(30)29-16-7-8-17-29/h2-6,10-11,13-14,18H,7-9,12,15-17,19H2,1H3. The molecule has 0 N–H and O–H groups in total. The quantitative estimate of drug-likeness (QED) is 0.428. The summed E-state index contributed by atoms with van der Waals surface area (Å²) in [7, 11) is 1.81. The number of hydrogen-bond donors (Lipinski definition) is 0. The van der Waals surface area contributed by atoms with Crippen LogP contribution in [-0.2, 0) is 11.2 Å². The fraction of sp³-hybridized carbons (Fsp3) is 0.346. The number of aromatic nitrogens is 1. The first-order valence-corrected chi connectivity index (χ1v) is 12.4. The van der Waals surface area contributed by atoms with E-state index in [1.54, 1.807) is 4.90 Å².